The molecule has 1 aliphatic heterocycles. The zero-order chi connectivity index (χ0) is 21.0. The van der Waals surface area contributed by atoms with Crippen LogP contribution in [0.5, 0.6) is 0 Å². The lowest BCUT2D eigenvalue weighted by Gasteiger charge is -2.36. The second-order valence-corrected chi connectivity index (χ2v) is 9.54. The van der Waals surface area contributed by atoms with Crippen molar-refractivity contribution in [1.29, 1.82) is 0 Å². The van der Waals surface area contributed by atoms with Crippen LogP contribution in [0.2, 0.25) is 0 Å². The highest BCUT2D eigenvalue weighted by Crippen LogP contribution is 2.47. The van der Waals surface area contributed by atoms with Gasteiger partial charge in [-0.15, -0.1) is 0 Å². The van der Waals surface area contributed by atoms with Gasteiger partial charge in [-0.1, -0.05) is 6.92 Å². The van der Waals surface area contributed by atoms with Gasteiger partial charge in [0.25, 0.3) is 14.1 Å². The van der Waals surface area contributed by atoms with Crippen molar-refractivity contribution in [3.05, 3.63) is 33.1 Å². The molecule has 1 N–H and O–H groups in total. The Morgan fingerprint density at radius 3 is 2.46 bits per heavy atom. The van der Waals surface area contributed by atoms with E-state index in [2.05, 4.69) is 37.3 Å². The Balaban J connectivity index is 0.00000420. The van der Waals surface area contributed by atoms with Gasteiger partial charge in [-0.05, 0) is 48.0 Å². The van der Waals surface area contributed by atoms with Crippen LogP contribution in [-0.4, -0.2) is 45.1 Å². The van der Waals surface area contributed by atoms with Gasteiger partial charge in [-0.2, -0.15) is 0 Å². The number of rotatable bonds is 9. The molecule has 28 heavy (non-hydrogen) atoms. The molecule has 0 amide bonds. The topological polar surface area (TPSA) is 85.8 Å². The summed E-state index contributed by atoms with van der Waals surface area (Å²) in [5.74, 6) is 0.126. The SMILES string of the molecule is CC(C)OP(OC[C@@H]1C[C@H](C)[C@H](n2ccc(=O)[nH]c2=O)O1)N(C(C)C)C(C)C.[HH]. The molecule has 1 aromatic rings. The standard InChI is InChI=1S/C19H34N3O5P.H2/c1-12(2)22(13(3)4)28(27-14(5)6)25-11-16-10-15(7)18(26-16)21-9-8-17(23)20-19(21)24;/h8-9,12-16,18H,10-11H2,1-7H3,(H,20,23,24);1H/t15-,16-,18+,28?;/m0./s1. The van der Waals surface area contributed by atoms with Crippen LogP contribution in [0.25, 0.3) is 0 Å². The molecule has 0 radical (unpaired) electrons. The van der Waals surface area contributed by atoms with Gasteiger partial charge in [0, 0.05) is 31.7 Å². The third-order valence-corrected chi connectivity index (χ3v) is 6.77. The van der Waals surface area contributed by atoms with Gasteiger partial charge in [0.2, 0.25) is 0 Å². The minimum absolute atomic E-state index is 0. The first kappa shape index (κ1) is 23.2. The Labute approximate surface area is 169 Å². The lowest BCUT2D eigenvalue weighted by molar-refractivity contribution is -0.0323. The molecule has 1 saturated heterocycles. The molecule has 1 fully saturated rings. The molecule has 9 heteroatoms. The number of ether oxygens (including phenoxy) is 1. The van der Waals surface area contributed by atoms with Gasteiger partial charge in [0.15, 0.2) is 0 Å². The van der Waals surface area contributed by atoms with Gasteiger partial charge in [0.1, 0.15) is 6.23 Å². The molecule has 162 valence electrons. The van der Waals surface area contributed by atoms with Gasteiger partial charge in [0.05, 0.1) is 18.8 Å². The number of aromatic amines is 1. The summed E-state index contributed by atoms with van der Waals surface area (Å²) in [4.78, 5) is 25.7. The van der Waals surface area contributed by atoms with Crippen molar-refractivity contribution < 1.29 is 15.2 Å². The second kappa shape index (κ2) is 10.1. The molecule has 0 aliphatic carbocycles. The van der Waals surface area contributed by atoms with Crippen molar-refractivity contribution in [2.24, 2.45) is 5.92 Å². The maximum Gasteiger partial charge on any atom is 0.330 e. The van der Waals surface area contributed by atoms with E-state index in [-0.39, 0.29) is 19.6 Å². The molecule has 8 nitrogen and oxygen atoms in total. The minimum atomic E-state index is -1.21. The first-order valence-electron chi connectivity index (χ1n) is 9.95. The molecule has 4 atom stereocenters. The molecule has 0 bridgehead atoms. The van der Waals surface area contributed by atoms with Crippen LogP contribution in [-0.2, 0) is 13.8 Å². The van der Waals surface area contributed by atoms with E-state index < -0.39 is 26.0 Å². The van der Waals surface area contributed by atoms with E-state index in [1.807, 2.05) is 20.8 Å². The lowest BCUT2D eigenvalue weighted by Crippen LogP contribution is -2.35. The average Bonchev–Trinajstić information content (AvgIpc) is 2.92. The maximum absolute atomic E-state index is 12.1. The van der Waals surface area contributed by atoms with E-state index in [9.17, 15) is 9.59 Å². The lowest BCUT2D eigenvalue weighted by atomic mass is 10.1. The predicted molar refractivity (Wildman–Crippen MR) is 112 cm³/mol. The Bertz CT molecular complexity index is 731. The molecule has 2 heterocycles. The highest BCUT2D eigenvalue weighted by Gasteiger charge is 2.36. The Hall–Kier alpha value is -1.05. The molecule has 0 spiro atoms. The summed E-state index contributed by atoms with van der Waals surface area (Å²) in [5, 5.41) is 0. The highest BCUT2D eigenvalue weighted by molar-refractivity contribution is 7.44. The highest BCUT2D eigenvalue weighted by atomic mass is 31.2. The van der Waals surface area contributed by atoms with Crippen molar-refractivity contribution in [3.63, 3.8) is 0 Å². The van der Waals surface area contributed by atoms with E-state index in [0.29, 0.717) is 18.7 Å². The van der Waals surface area contributed by atoms with Crippen LogP contribution in [0, 0.1) is 5.92 Å². The zero-order valence-corrected chi connectivity index (χ0v) is 18.8. The summed E-state index contributed by atoms with van der Waals surface area (Å²) in [6.07, 6.45) is 1.76. The summed E-state index contributed by atoms with van der Waals surface area (Å²) in [5.41, 5.74) is -0.868. The zero-order valence-electron chi connectivity index (χ0n) is 17.9. The molecular formula is C19H36N3O5P. The number of nitrogens with one attached hydrogen (secondary N) is 1. The van der Waals surface area contributed by atoms with Crippen molar-refractivity contribution in [3.8, 4) is 0 Å². The van der Waals surface area contributed by atoms with E-state index in [0.717, 1.165) is 6.42 Å². The molecule has 2 rings (SSSR count). The molecule has 1 unspecified atom stereocenters. The smallest absolute Gasteiger partial charge is 0.330 e. The second-order valence-electron chi connectivity index (χ2n) is 8.13. The number of hydrogen-bond acceptors (Lipinski definition) is 6. The summed E-state index contributed by atoms with van der Waals surface area (Å²) in [7, 11) is -1.21. The third-order valence-electron chi connectivity index (χ3n) is 4.50. The number of H-pyrrole nitrogens is 1. The van der Waals surface area contributed by atoms with Gasteiger partial charge >= 0.3 is 5.69 Å². The van der Waals surface area contributed by atoms with Crippen LogP contribution in [0.4, 0.5) is 0 Å². The fourth-order valence-corrected chi connectivity index (χ4v) is 5.16. The van der Waals surface area contributed by atoms with E-state index in [4.69, 9.17) is 13.8 Å². The first-order chi connectivity index (χ1) is 13.1. The maximum atomic E-state index is 12.1. The predicted octanol–water partition coefficient (Wildman–Crippen LogP) is 3.49. The summed E-state index contributed by atoms with van der Waals surface area (Å²) >= 11 is 0. The number of nitrogens with zero attached hydrogens (tertiary/aromatic N) is 2. The van der Waals surface area contributed by atoms with Gasteiger partial charge < -0.3 is 13.8 Å². The summed E-state index contributed by atoms with van der Waals surface area (Å²) in [6, 6.07) is 1.92. The Morgan fingerprint density at radius 2 is 1.93 bits per heavy atom. The monoisotopic (exact) mass is 417 g/mol. The molecular weight excluding hydrogens is 381 g/mol. The van der Waals surface area contributed by atoms with E-state index in [1.54, 1.807) is 0 Å². The molecule has 0 saturated carbocycles. The molecule has 1 aliphatic rings. The number of hydrogen-bond donors (Lipinski definition) is 1. The van der Waals surface area contributed by atoms with Crippen molar-refractivity contribution >= 4 is 8.53 Å². The fourth-order valence-electron chi connectivity index (χ4n) is 3.44. The van der Waals surface area contributed by atoms with Crippen LogP contribution in [0.1, 0.15) is 62.5 Å². The summed E-state index contributed by atoms with van der Waals surface area (Å²) < 4.78 is 22.1. The quantitative estimate of drug-likeness (QED) is 0.619. The third kappa shape index (κ3) is 5.97. The fraction of sp³-hybridized carbons (Fsp3) is 0.789. The van der Waals surface area contributed by atoms with Crippen LogP contribution in [0.3, 0.4) is 0 Å². The van der Waals surface area contributed by atoms with Crippen LogP contribution in [0.15, 0.2) is 21.9 Å². The molecule has 0 aromatic carbocycles. The van der Waals surface area contributed by atoms with Crippen molar-refractivity contribution in [2.75, 3.05) is 6.61 Å². The number of aromatic nitrogens is 2. The van der Waals surface area contributed by atoms with Gasteiger partial charge in [-0.3, -0.25) is 14.3 Å². The Kier molecular flexibility index (Phi) is 8.40. The van der Waals surface area contributed by atoms with Crippen molar-refractivity contribution in [2.45, 2.75) is 85.4 Å². The Morgan fingerprint density at radius 1 is 1.29 bits per heavy atom. The van der Waals surface area contributed by atoms with Gasteiger partial charge in [-0.25, -0.2) is 9.46 Å². The van der Waals surface area contributed by atoms with Crippen LogP contribution >= 0.6 is 8.53 Å². The first-order valence-corrected chi connectivity index (χ1v) is 11.1. The van der Waals surface area contributed by atoms with Crippen molar-refractivity contribution in [1.82, 2.24) is 14.2 Å². The summed E-state index contributed by atoms with van der Waals surface area (Å²) in [6.45, 7) is 15.0. The average molecular weight is 417 g/mol. The van der Waals surface area contributed by atoms with Crippen LogP contribution < -0.4 is 11.2 Å². The molecule has 1 aromatic heterocycles. The van der Waals surface area contributed by atoms with E-state index >= 15 is 0 Å². The van der Waals surface area contributed by atoms with E-state index in [1.165, 1.54) is 16.8 Å². The largest absolute Gasteiger partial charge is 0.352 e. The normalized spacial score (nSPS) is 24.0. The minimum Gasteiger partial charge on any atom is -0.352 e.